The van der Waals surface area contributed by atoms with E-state index in [4.69, 9.17) is 16.3 Å². The van der Waals surface area contributed by atoms with Crippen LogP contribution in [0, 0.1) is 0 Å². The average molecular weight is 295 g/mol. The van der Waals surface area contributed by atoms with E-state index in [1.165, 1.54) is 0 Å². The number of halogens is 1. The largest absolute Gasteiger partial charge is 0.376 e. The molecule has 1 aliphatic heterocycles. The summed E-state index contributed by atoms with van der Waals surface area (Å²) >= 11 is 5.99. The van der Waals surface area contributed by atoms with Crippen LogP contribution in [0.4, 0.5) is 5.95 Å². The highest BCUT2D eigenvalue weighted by Crippen LogP contribution is 2.22. The van der Waals surface area contributed by atoms with Gasteiger partial charge in [-0.25, -0.2) is 4.68 Å². The monoisotopic (exact) mass is 294 g/mol. The molecule has 1 aliphatic rings. The molecule has 0 aromatic carbocycles. The highest BCUT2D eigenvalue weighted by atomic mass is 35.5. The molecule has 0 saturated carbocycles. The van der Waals surface area contributed by atoms with E-state index in [2.05, 4.69) is 20.1 Å². The van der Waals surface area contributed by atoms with Gasteiger partial charge in [-0.1, -0.05) is 0 Å². The van der Waals surface area contributed by atoms with Gasteiger partial charge in [0.1, 0.15) is 0 Å². The first kappa shape index (κ1) is 13.3. The second-order valence-electron chi connectivity index (χ2n) is 4.70. The van der Waals surface area contributed by atoms with E-state index < -0.39 is 0 Å². The first-order valence-corrected chi connectivity index (χ1v) is 6.79. The van der Waals surface area contributed by atoms with Crippen LogP contribution in [0.5, 0.6) is 0 Å². The SMILES string of the molecule is CC1OCCC1N(C)c1nc(Cl)nc(-n2cccn2)n1. The van der Waals surface area contributed by atoms with Gasteiger partial charge >= 0.3 is 0 Å². The summed E-state index contributed by atoms with van der Waals surface area (Å²) in [6.07, 6.45) is 4.51. The Labute approximate surface area is 121 Å². The van der Waals surface area contributed by atoms with E-state index in [1.807, 2.05) is 18.9 Å². The summed E-state index contributed by atoms with van der Waals surface area (Å²) in [5, 5.41) is 4.25. The number of anilines is 1. The Bertz CT molecular complexity index is 590. The maximum atomic E-state index is 5.99. The molecule has 0 bridgehead atoms. The van der Waals surface area contributed by atoms with Gasteiger partial charge in [-0.3, -0.25) is 0 Å². The van der Waals surface area contributed by atoms with Crippen molar-refractivity contribution < 1.29 is 4.74 Å². The molecule has 3 heterocycles. The second kappa shape index (κ2) is 5.34. The predicted molar refractivity (Wildman–Crippen MR) is 74.2 cm³/mol. The van der Waals surface area contributed by atoms with Crippen LogP contribution < -0.4 is 4.90 Å². The summed E-state index contributed by atoms with van der Waals surface area (Å²) < 4.78 is 7.13. The minimum absolute atomic E-state index is 0.142. The molecule has 20 heavy (non-hydrogen) atoms. The molecule has 106 valence electrons. The van der Waals surface area contributed by atoms with Gasteiger partial charge in [-0.05, 0) is 31.0 Å². The molecular formula is C12H15ClN6O. The Morgan fingerprint density at radius 3 is 2.90 bits per heavy atom. The third-order valence-electron chi connectivity index (χ3n) is 3.44. The minimum Gasteiger partial charge on any atom is -0.376 e. The molecule has 3 rings (SSSR count). The number of ether oxygens (including phenoxy) is 1. The summed E-state index contributed by atoms with van der Waals surface area (Å²) in [4.78, 5) is 14.7. The Morgan fingerprint density at radius 2 is 2.25 bits per heavy atom. The summed E-state index contributed by atoms with van der Waals surface area (Å²) in [7, 11) is 1.94. The molecule has 2 aromatic heterocycles. The molecule has 1 fully saturated rings. The molecule has 0 amide bonds. The van der Waals surface area contributed by atoms with Gasteiger partial charge in [0.15, 0.2) is 0 Å². The van der Waals surface area contributed by atoms with Crippen molar-refractivity contribution in [2.75, 3.05) is 18.6 Å². The van der Waals surface area contributed by atoms with Crippen molar-refractivity contribution in [1.82, 2.24) is 24.7 Å². The van der Waals surface area contributed by atoms with Crippen molar-refractivity contribution in [3.63, 3.8) is 0 Å². The number of aromatic nitrogens is 5. The van der Waals surface area contributed by atoms with Gasteiger partial charge in [0, 0.05) is 26.0 Å². The standard InChI is InChI=1S/C12H15ClN6O/c1-8-9(4-7-20-8)18(2)11-15-10(13)16-12(17-11)19-6-3-5-14-19/h3,5-6,8-9H,4,7H2,1-2H3. The first-order valence-electron chi connectivity index (χ1n) is 6.41. The fourth-order valence-electron chi connectivity index (χ4n) is 2.35. The topological polar surface area (TPSA) is 69.0 Å². The van der Waals surface area contributed by atoms with Crippen LogP contribution in [-0.4, -0.2) is 50.5 Å². The number of hydrogen-bond donors (Lipinski definition) is 0. The maximum Gasteiger partial charge on any atom is 0.256 e. The van der Waals surface area contributed by atoms with Crippen LogP contribution >= 0.6 is 11.6 Å². The van der Waals surface area contributed by atoms with Gasteiger partial charge in [0.05, 0.1) is 12.1 Å². The third kappa shape index (κ3) is 2.46. The Hall–Kier alpha value is -1.73. The predicted octanol–water partition coefficient (Wildman–Crippen LogP) is 1.32. The third-order valence-corrected chi connectivity index (χ3v) is 3.61. The van der Waals surface area contributed by atoms with Crippen molar-refractivity contribution in [1.29, 1.82) is 0 Å². The van der Waals surface area contributed by atoms with Gasteiger partial charge in [0.25, 0.3) is 5.95 Å². The Kier molecular flexibility index (Phi) is 3.54. The zero-order chi connectivity index (χ0) is 14.1. The van der Waals surface area contributed by atoms with Crippen LogP contribution in [0.2, 0.25) is 5.28 Å². The quantitative estimate of drug-likeness (QED) is 0.850. The lowest BCUT2D eigenvalue weighted by Gasteiger charge is -2.26. The minimum atomic E-state index is 0.142. The van der Waals surface area contributed by atoms with Crippen LogP contribution in [-0.2, 0) is 4.74 Å². The molecule has 0 N–H and O–H groups in total. The lowest BCUT2D eigenvalue weighted by Crippen LogP contribution is -2.38. The van der Waals surface area contributed by atoms with E-state index in [9.17, 15) is 0 Å². The van der Waals surface area contributed by atoms with E-state index in [0.29, 0.717) is 11.9 Å². The van der Waals surface area contributed by atoms with Gasteiger partial charge in [-0.2, -0.15) is 20.1 Å². The molecule has 0 aliphatic carbocycles. The highest BCUT2D eigenvalue weighted by Gasteiger charge is 2.29. The first-order chi connectivity index (χ1) is 9.65. The smallest absolute Gasteiger partial charge is 0.256 e. The summed E-state index contributed by atoms with van der Waals surface area (Å²) in [5.41, 5.74) is 0. The van der Waals surface area contributed by atoms with Crippen molar-refractivity contribution >= 4 is 17.5 Å². The molecule has 0 radical (unpaired) electrons. The number of nitrogens with zero attached hydrogens (tertiary/aromatic N) is 6. The lowest BCUT2D eigenvalue weighted by molar-refractivity contribution is 0.118. The van der Waals surface area contributed by atoms with Crippen LogP contribution in [0.25, 0.3) is 5.95 Å². The zero-order valence-electron chi connectivity index (χ0n) is 11.3. The second-order valence-corrected chi connectivity index (χ2v) is 5.04. The Balaban J connectivity index is 1.93. The molecule has 2 aromatic rings. The fourth-order valence-corrected chi connectivity index (χ4v) is 2.51. The molecule has 1 saturated heterocycles. The lowest BCUT2D eigenvalue weighted by atomic mass is 10.1. The van der Waals surface area contributed by atoms with Crippen molar-refractivity contribution in [3.8, 4) is 5.95 Å². The van der Waals surface area contributed by atoms with Gasteiger partial charge < -0.3 is 9.64 Å². The van der Waals surface area contributed by atoms with Crippen molar-refractivity contribution in [3.05, 3.63) is 23.7 Å². The van der Waals surface area contributed by atoms with Gasteiger partial charge in [-0.15, -0.1) is 0 Å². The summed E-state index contributed by atoms with van der Waals surface area (Å²) in [6, 6.07) is 2.03. The molecular weight excluding hydrogens is 280 g/mol. The highest BCUT2D eigenvalue weighted by molar-refractivity contribution is 6.28. The fraction of sp³-hybridized carbons (Fsp3) is 0.500. The van der Waals surface area contributed by atoms with E-state index in [-0.39, 0.29) is 17.4 Å². The van der Waals surface area contributed by atoms with Crippen LogP contribution in [0.3, 0.4) is 0 Å². The molecule has 0 spiro atoms. The normalized spacial score (nSPS) is 22.1. The number of hydrogen-bond acceptors (Lipinski definition) is 6. The average Bonchev–Trinajstić information content (AvgIpc) is 3.08. The van der Waals surface area contributed by atoms with Crippen molar-refractivity contribution in [2.45, 2.75) is 25.5 Å². The Morgan fingerprint density at radius 1 is 1.40 bits per heavy atom. The molecule has 8 heteroatoms. The maximum absolute atomic E-state index is 5.99. The zero-order valence-corrected chi connectivity index (χ0v) is 12.0. The molecule has 2 unspecified atom stereocenters. The van der Waals surface area contributed by atoms with Crippen LogP contribution in [0.15, 0.2) is 18.5 Å². The summed E-state index contributed by atoms with van der Waals surface area (Å²) in [6.45, 7) is 2.80. The van der Waals surface area contributed by atoms with Crippen molar-refractivity contribution in [2.24, 2.45) is 0 Å². The number of rotatable bonds is 3. The van der Waals surface area contributed by atoms with Gasteiger partial charge in [0.2, 0.25) is 11.2 Å². The van der Waals surface area contributed by atoms with E-state index >= 15 is 0 Å². The van der Waals surface area contributed by atoms with E-state index in [1.54, 1.807) is 23.1 Å². The summed E-state index contributed by atoms with van der Waals surface area (Å²) in [5.74, 6) is 0.932. The molecule has 7 nitrogen and oxygen atoms in total. The number of likely N-dealkylation sites (N-methyl/N-ethyl adjacent to an activating group) is 1. The molecule has 2 atom stereocenters. The van der Waals surface area contributed by atoms with E-state index in [0.717, 1.165) is 13.0 Å². The van der Waals surface area contributed by atoms with Crippen LogP contribution in [0.1, 0.15) is 13.3 Å².